The summed E-state index contributed by atoms with van der Waals surface area (Å²) >= 11 is 5.82. The third kappa shape index (κ3) is 3.75. The number of carbonyl (C=O) groups is 1. The summed E-state index contributed by atoms with van der Waals surface area (Å²) < 4.78 is 20.2. The Morgan fingerprint density at radius 1 is 1.13 bits per heavy atom. The van der Waals surface area contributed by atoms with E-state index in [2.05, 4.69) is 16.0 Å². The molecule has 7 heteroatoms. The number of benzene rings is 3. The van der Waals surface area contributed by atoms with Gasteiger partial charge in [-0.1, -0.05) is 23.7 Å². The van der Waals surface area contributed by atoms with Crippen LogP contribution in [0.25, 0.3) is 22.2 Å². The van der Waals surface area contributed by atoms with Crippen molar-refractivity contribution in [1.82, 2.24) is 14.9 Å². The van der Waals surface area contributed by atoms with Crippen LogP contribution in [0.2, 0.25) is 5.02 Å². The van der Waals surface area contributed by atoms with E-state index in [1.807, 2.05) is 37.3 Å². The minimum Gasteiger partial charge on any atom is -0.491 e. The first kappa shape index (κ1) is 19.6. The van der Waals surface area contributed by atoms with Gasteiger partial charge in [0.1, 0.15) is 24.0 Å². The second-order valence-electron chi connectivity index (χ2n) is 7.58. The number of carbonyl (C=O) groups excluding carboxylic acids is 1. The first-order valence-corrected chi connectivity index (χ1v) is 10.3. The van der Waals surface area contributed by atoms with Gasteiger partial charge in [-0.15, -0.1) is 0 Å². The number of halogens is 2. The van der Waals surface area contributed by atoms with Crippen LogP contribution in [0.1, 0.15) is 21.7 Å². The smallest absolute Gasteiger partial charge is 0.257 e. The Hall–Kier alpha value is -3.38. The molecule has 0 atom stereocenters. The highest BCUT2D eigenvalue weighted by Crippen LogP contribution is 2.31. The number of fused-ring (bicyclic) bond motifs is 2. The van der Waals surface area contributed by atoms with Crippen LogP contribution < -0.4 is 4.74 Å². The van der Waals surface area contributed by atoms with Gasteiger partial charge in [-0.3, -0.25) is 4.79 Å². The summed E-state index contributed by atoms with van der Waals surface area (Å²) in [5, 5.41) is 0.257. The lowest BCUT2D eigenvalue weighted by Gasteiger charge is -2.20. The lowest BCUT2D eigenvalue weighted by Crippen LogP contribution is -2.33. The summed E-state index contributed by atoms with van der Waals surface area (Å²) in [7, 11) is 0. The number of aromatic amines is 1. The fourth-order valence-corrected chi connectivity index (χ4v) is 4.06. The Kier molecular flexibility index (Phi) is 4.87. The van der Waals surface area contributed by atoms with Gasteiger partial charge in [-0.25, -0.2) is 9.37 Å². The maximum absolute atomic E-state index is 14.3. The highest BCUT2D eigenvalue weighted by atomic mass is 35.5. The molecule has 5 rings (SSSR count). The average Bonchev–Trinajstić information content (AvgIpc) is 2.98. The first-order valence-electron chi connectivity index (χ1n) is 9.95. The van der Waals surface area contributed by atoms with Gasteiger partial charge in [0.25, 0.3) is 5.91 Å². The minimum atomic E-state index is -0.625. The lowest BCUT2D eigenvalue weighted by atomic mass is 10.0. The van der Waals surface area contributed by atoms with Gasteiger partial charge >= 0.3 is 0 Å². The molecule has 31 heavy (non-hydrogen) atoms. The van der Waals surface area contributed by atoms with Gasteiger partial charge in [-0.05, 0) is 60.5 Å². The van der Waals surface area contributed by atoms with Crippen LogP contribution in [0.15, 0.2) is 54.6 Å². The largest absolute Gasteiger partial charge is 0.491 e. The lowest BCUT2D eigenvalue weighted by molar-refractivity contribution is 0.0728. The van der Waals surface area contributed by atoms with Crippen LogP contribution in [0.4, 0.5) is 4.39 Å². The molecule has 1 N–H and O–H groups in total. The van der Waals surface area contributed by atoms with E-state index in [1.54, 1.807) is 4.90 Å². The van der Waals surface area contributed by atoms with Crippen molar-refractivity contribution in [2.45, 2.75) is 13.5 Å². The first-order chi connectivity index (χ1) is 15.0. The molecule has 0 spiro atoms. The third-order valence-electron chi connectivity index (χ3n) is 5.42. The number of hydrogen-bond donors (Lipinski definition) is 1. The zero-order chi connectivity index (χ0) is 21.5. The maximum atomic E-state index is 14.3. The highest BCUT2D eigenvalue weighted by molar-refractivity contribution is 6.30. The Morgan fingerprint density at radius 2 is 1.94 bits per heavy atom. The topological polar surface area (TPSA) is 58.2 Å². The van der Waals surface area contributed by atoms with E-state index in [4.69, 9.17) is 16.3 Å². The van der Waals surface area contributed by atoms with Crippen molar-refractivity contribution >= 4 is 28.5 Å². The number of ether oxygens (including phenoxy) is 1. The van der Waals surface area contributed by atoms with Gasteiger partial charge in [0.2, 0.25) is 0 Å². The standard InChI is InChI=1S/C24H19ClFN3O2/c1-14-27-21-6-2-16(11-22(21)28-14)15-3-7-23-17(10-15)13-29(8-9-31-23)24(30)19-5-4-18(25)12-20(19)26/h2-7,10-12H,8-9,13H2,1H3,(H,27,28). The number of hydrogen-bond acceptors (Lipinski definition) is 3. The van der Waals surface area contributed by atoms with Gasteiger partial charge in [0.15, 0.2) is 0 Å². The van der Waals surface area contributed by atoms with Crippen molar-refractivity contribution in [3.8, 4) is 16.9 Å². The van der Waals surface area contributed by atoms with Crippen LogP contribution in [-0.2, 0) is 6.54 Å². The van der Waals surface area contributed by atoms with Gasteiger partial charge in [-0.2, -0.15) is 0 Å². The van der Waals surface area contributed by atoms with E-state index >= 15 is 0 Å². The molecule has 0 saturated heterocycles. The average molecular weight is 436 g/mol. The number of amides is 1. The fraction of sp³-hybridized carbons (Fsp3) is 0.167. The summed E-state index contributed by atoms with van der Waals surface area (Å²) in [4.78, 5) is 22.3. The van der Waals surface area contributed by atoms with Crippen LogP contribution in [0.3, 0.4) is 0 Å². The Morgan fingerprint density at radius 3 is 2.77 bits per heavy atom. The van der Waals surface area contributed by atoms with Gasteiger partial charge in [0, 0.05) is 17.1 Å². The summed E-state index contributed by atoms with van der Waals surface area (Å²) in [5.74, 6) is 0.588. The molecular formula is C24H19ClFN3O2. The second kappa shape index (κ2) is 7.71. The summed E-state index contributed by atoms with van der Waals surface area (Å²) in [5.41, 5.74) is 4.80. The Bertz CT molecular complexity index is 1320. The molecule has 0 aliphatic carbocycles. The van der Waals surface area contributed by atoms with Crippen LogP contribution in [0, 0.1) is 12.7 Å². The second-order valence-corrected chi connectivity index (χ2v) is 8.01. The molecule has 2 heterocycles. The molecule has 3 aromatic carbocycles. The summed E-state index contributed by atoms with van der Waals surface area (Å²) in [6, 6.07) is 16.1. The molecule has 0 unspecified atom stereocenters. The van der Waals surface area contributed by atoms with E-state index < -0.39 is 5.82 Å². The SMILES string of the molecule is Cc1nc2ccc(-c3ccc4c(c3)CN(C(=O)c3ccc(Cl)cc3F)CCO4)cc2[nH]1. The van der Waals surface area contributed by atoms with E-state index in [9.17, 15) is 9.18 Å². The number of nitrogens with zero attached hydrogens (tertiary/aromatic N) is 2. The zero-order valence-corrected chi connectivity index (χ0v) is 17.5. The minimum absolute atomic E-state index is 0.00377. The Balaban J connectivity index is 1.47. The molecule has 1 aliphatic heterocycles. The molecular weight excluding hydrogens is 417 g/mol. The zero-order valence-electron chi connectivity index (χ0n) is 16.8. The number of rotatable bonds is 2. The molecule has 0 fully saturated rings. The van der Waals surface area contributed by atoms with Gasteiger partial charge in [0.05, 0.1) is 23.1 Å². The fourth-order valence-electron chi connectivity index (χ4n) is 3.90. The molecule has 1 aromatic heterocycles. The van der Waals surface area contributed by atoms with Crippen molar-refractivity contribution in [2.24, 2.45) is 0 Å². The Labute approximate surface area is 183 Å². The molecule has 1 aliphatic rings. The highest BCUT2D eigenvalue weighted by Gasteiger charge is 2.23. The van der Waals surface area contributed by atoms with Crippen LogP contribution in [-0.4, -0.2) is 33.9 Å². The quantitative estimate of drug-likeness (QED) is 0.460. The normalized spacial score (nSPS) is 13.6. The number of aromatic nitrogens is 2. The van der Waals surface area contributed by atoms with Crippen molar-refractivity contribution in [1.29, 1.82) is 0 Å². The molecule has 0 radical (unpaired) electrons. The van der Waals surface area contributed by atoms with Crippen molar-refractivity contribution in [3.05, 3.63) is 82.4 Å². The van der Waals surface area contributed by atoms with Crippen LogP contribution >= 0.6 is 11.6 Å². The van der Waals surface area contributed by atoms with E-state index in [1.165, 1.54) is 12.1 Å². The number of aryl methyl sites for hydroxylation is 1. The molecule has 5 nitrogen and oxygen atoms in total. The van der Waals surface area contributed by atoms with Crippen LogP contribution in [0.5, 0.6) is 5.75 Å². The number of imidazole rings is 1. The van der Waals surface area contributed by atoms with Crippen molar-refractivity contribution in [2.75, 3.05) is 13.2 Å². The molecule has 0 bridgehead atoms. The molecule has 0 saturated carbocycles. The van der Waals surface area contributed by atoms with Crippen molar-refractivity contribution < 1.29 is 13.9 Å². The summed E-state index contributed by atoms with van der Waals surface area (Å²) in [6.07, 6.45) is 0. The van der Waals surface area contributed by atoms with Crippen molar-refractivity contribution in [3.63, 3.8) is 0 Å². The predicted octanol–water partition coefficient (Wildman–Crippen LogP) is 5.37. The van der Waals surface area contributed by atoms with E-state index in [-0.39, 0.29) is 16.5 Å². The molecule has 1 amide bonds. The van der Waals surface area contributed by atoms with E-state index in [0.29, 0.717) is 19.7 Å². The van der Waals surface area contributed by atoms with E-state index in [0.717, 1.165) is 45.4 Å². The summed E-state index contributed by atoms with van der Waals surface area (Å²) in [6.45, 7) is 2.96. The van der Waals surface area contributed by atoms with Gasteiger partial charge < -0.3 is 14.6 Å². The third-order valence-corrected chi connectivity index (χ3v) is 5.66. The number of H-pyrrole nitrogens is 1. The monoisotopic (exact) mass is 435 g/mol. The molecule has 156 valence electrons. The predicted molar refractivity (Wildman–Crippen MR) is 118 cm³/mol. The number of nitrogens with one attached hydrogen (secondary N) is 1. The molecule has 4 aromatic rings. The maximum Gasteiger partial charge on any atom is 0.257 e.